The Morgan fingerprint density at radius 1 is 0.759 bits per heavy atom. The minimum absolute atomic E-state index is 1.03. The zero-order chi connectivity index (χ0) is 20.5. The van der Waals surface area contributed by atoms with Crippen molar-refractivity contribution in [3.8, 4) is 31.9 Å². The molecule has 0 unspecified atom stereocenters. The van der Waals surface area contributed by atoms with E-state index in [1.807, 2.05) is 22.7 Å². The molecule has 154 valence electrons. The van der Waals surface area contributed by atoms with Gasteiger partial charge in [-0.25, -0.2) is 0 Å². The molecule has 0 nitrogen and oxygen atoms in total. The summed E-state index contributed by atoms with van der Waals surface area (Å²) >= 11 is 5.63. The maximum Gasteiger partial charge on any atom is 0.0772 e. The molecule has 0 saturated carbocycles. The van der Waals surface area contributed by atoms with Crippen LogP contribution >= 0.6 is 34.0 Å². The van der Waals surface area contributed by atoms with E-state index in [-0.39, 0.29) is 0 Å². The standard InChI is InChI=1S/C26H32S3/c1-4-7-9-11-13-20-17-18-27-25(20)24-19-21(14-12-10-8-5-2)26(29-24)23-16-15-22(6-3)28-23/h3,15-19H,4-5,7-14H2,1-2H3. The highest BCUT2D eigenvalue weighted by atomic mass is 32.1. The monoisotopic (exact) mass is 440 g/mol. The number of thiophene rings is 3. The van der Waals surface area contributed by atoms with Crippen LogP contribution in [0.1, 0.15) is 81.2 Å². The molecule has 3 rings (SSSR count). The van der Waals surface area contributed by atoms with Gasteiger partial charge in [-0.1, -0.05) is 58.3 Å². The summed E-state index contributed by atoms with van der Waals surface area (Å²) in [5.74, 6) is 2.80. The summed E-state index contributed by atoms with van der Waals surface area (Å²) in [7, 11) is 0. The maximum absolute atomic E-state index is 5.63. The topological polar surface area (TPSA) is 0 Å². The van der Waals surface area contributed by atoms with E-state index in [1.165, 1.54) is 94.8 Å². The third-order valence-electron chi connectivity index (χ3n) is 5.35. The van der Waals surface area contributed by atoms with Crippen molar-refractivity contribution in [2.24, 2.45) is 0 Å². The predicted octanol–water partition coefficient (Wildman–Crippen LogP) is 9.43. The van der Waals surface area contributed by atoms with Crippen molar-refractivity contribution in [3.63, 3.8) is 0 Å². The normalized spacial score (nSPS) is 11.1. The first-order valence-corrected chi connectivity index (χ1v) is 13.5. The molecule has 0 amide bonds. The molecule has 3 aromatic heterocycles. The van der Waals surface area contributed by atoms with Crippen LogP contribution in [-0.2, 0) is 12.8 Å². The van der Waals surface area contributed by atoms with Crippen LogP contribution in [0.3, 0.4) is 0 Å². The zero-order valence-corrected chi connectivity index (χ0v) is 20.2. The molecular weight excluding hydrogens is 408 g/mol. The number of aryl methyl sites for hydroxylation is 2. The van der Waals surface area contributed by atoms with Crippen LogP contribution in [0.25, 0.3) is 19.5 Å². The van der Waals surface area contributed by atoms with Gasteiger partial charge in [-0.3, -0.25) is 0 Å². The summed E-state index contributed by atoms with van der Waals surface area (Å²) in [6, 6.07) is 9.12. The van der Waals surface area contributed by atoms with E-state index in [1.54, 1.807) is 11.3 Å². The van der Waals surface area contributed by atoms with Gasteiger partial charge in [0.15, 0.2) is 0 Å². The van der Waals surface area contributed by atoms with E-state index in [0.717, 1.165) is 4.88 Å². The molecule has 3 heterocycles. The lowest BCUT2D eigenvalue weighted by molar-refractivity contribution is 0.667. The Kier molecular flexibility index (Phi) is 9.05. The summed E-state index contributed by atoms with van der Waals surface area (Å²) in [4.78, 5) is 6.73. The summed E-state index contributed by atoms with van der Waals surface area (Å²) in [6.07, 6.45) is 18.5. The molecule has 0 aliphatic carbocycles. The Balaban J connectivity index is 1.84. The molecule has 0 bridgehead atoms. The van der Waals surface area contributed by atoms with Crippen molar-refractivity contribution in [1.29, 1.82) is 0 Å². The average Bonchev–Trinajstić information content (AvgIpc) is 3.47. The van der Waals surface area contributed by atoms with E-state index in [9.17, 15) is 0 Å². The molecule has 0 aliphatic rings. The Hall–Kier alpha value is -1.34. The Morgan fingerprint density at radius 3 is 2.14 bits per heavy atom. The molecule has 0 aromatic carbocycles. The molecule has 0 spiro atoms. The summed E-state index contributed by atoms with van der Waals surface area (Å²) in [5.41, 5.74) is 3.05. The van der Waals surface area contributed by atoms with Crippen molar-refractivity contribution in [2.75, 3.05) is 0 Å². The maximum atomic E-state index is 5.63. The first kappa shape index (κ1) is 22.3. The van der Waals surface area contributed by atoms with Crippen LogP contribution in [-0.4, -0.2) is 0 Å². The van der Waals surface area contributed by atoms with Crippen molar-refractivity contribution in [3.05, 3.63) is 45.6 Å². The highest BCUT2D eigenvalue weighted by Gasteiger charge is 2.16. The second kappa shape index (κ2) is 11.7. The lowest BCUT2D eigenvalue weighted by atomic mass is 10.0. The van der Waals surface area contributed by atoms with E-state index in [2.05, 4.69) is 49.4 Å². The SMILES string of the molecule is C#Cc1ccc(-c2sc(-c3sccc3CCCCCC)cc2CCCCCC)s1. The molecule has 29 heavy (non-hydrogen) atoms. The van der Waals surface area contributed by atoms with Crippen LogP contribution in [0.5, 0.6) is 0 Å². The molecule has 0 saturated heterocycles. The van der Waals surface area contributed by atoms with Gasteiger partial charge in [-0.05, 0) is 66.5 Å². The lowest BCUT2D eigenvalue weighted by Crippen LogP contribution is -1.86. The van der Waals surface area contributed by atoms with Crippen molar-refractivity contribution >= 4 is 34.0 Å². The van der Waals surface area contributed by atoms with Gasteiger partial charge in [0.25, 0.3) is 0 Å². The lowest BCUT2D eigenvalue weighted by Gasteiger charge is -2.02. The largest absolute Gasteiger partial charge is 0.143 e. The number of terminal acetylenes is 1. The fourth-order valence-corrected chi connectivity index (χ4v) is 6.99. The van der Waals surface area contributed by atoms with Gasteiger partial charge in [0.2, 0.25) is 0 Å². The van der Waals surface area contributed by atoms with Crippen molar-refractivity contribution < 1.29 is 0 Å². The minimum Gasteiger partial charge on any atom is -0.143 e. The number of rotatable bonds is 12. The summed E-state index contributed by atoms with van der Waals surface area (Å²) in [6.45, 7) is 4.56. The molecule has 0 aliphatic heterocycles. The first-order chi connectivity index (χ1) is 14.3. The molecule has 0 fully saturated rings. The average molecular weight is 441 g/mol. The Labute approximate surface area is 189 Å². The summed E-state index contributed by atoms with van der Waals surface area (Å²) in [5, 5.41) is 2.27. The third-order valence-corrected chi connectivity index (χ3v) is 8.86. The predicted molar refractivity (Wildman–Crippen MR) is 135 cm³/mol. The fraction of sp³-hybridized carbons (Fsp3) is 0.462. The number of hydrogen-bond donors (Lipinski definition) is 0. The second-order valence-corrected chi connectivity index (χ2v) is 10.7. The highest BCUT2D eigenvalue weighted by Crippen LogP contribution is 2.44. The third kappa shape index (κ3) is 6.07. The van der Waals surface area contributed by atoms with Crippen LogP contribution in [0.15, 0.2) is 29.6 Å². The summed E-state index contributed by atoms with van der Waals surface area (Å²) < 4.78 is 0. The van der Waals surface area contributed by atoms with Gasteiger partial charge in [-0.2, -0.15) is 0 Å². The van der Waals surface area contributed by atoms with Crippen LogP contribution in [0, 0.1) is 12.3 Å². The molecule has 3 heteroatoms. The van der Waals surface area contributed by atoms with E-state index >= 15 is 0 Å². The Bertz CT molecular complexity index is 916. The van der Waals surface area contributed by atoms with Crippen LogP contribution < -0.4 is 0 Å². The van der Waals surface area contributed by atoms with Gasteiger partial charge >= 0.3 is 0 Å². The first-order valence-electron chi connectivity index (χ1n) is 11.0. The van der Waals surface area contributed by atoms with E-state index in [0.29, 0.717) is 0 Å². The van der Waals surface area contributed by atoms with E-state index < -0.39 is 0 Å². The van der Waals surface area contributed by atoms with Crippen LogP contribution in [0.2, 0.25) is 0 Å². The van der Waals surface area contributed by atoms with Crippen LogP contribution in [0.4, 0.5) is 0 Å². The van der Waals surface area contributed by atoms with Gasteiger partial charge in [0, 0.05) is 19.5 Å². The smallest absolute Gasteiger partial charge is 0.0772 e. The highest BCUT2D eigenvalue weighted by molar-refractivity contribution is 7.26. The molecule has 0 N–H and O–H groups in total. The zero-order valence-electron chi connectivity index (χ0n) is 17.8. The number of hydrogen-bond acceptors (Lipinski definition) is 3. The number of unbranched alkanes of at least 4 members (excludes halogenated alkanes) is 6. The van der Waals surface area contributed by atoms with Crippen molar-refractivity contribution in [1.82, 2.24) is 0 Å². The fourth-order valence-electron chi connectivity index (χ4n) is 3.71. The molecular formula is C26H32S3. The molecule has 0 atom stereocenters. The van der Waals surface area contributed by atoms with Gasteiger partial charge in [0.05, 0.1) is 4.88 Å². The molecule has 3 aromatic rings. The van der Waals surface area contributed by atoms with Crippen molar-refractivity contribution in [2.45, 2.75) is 78.1 Å². The molecule has 0 radical (unpaired) electrons. The van der Waals surface area contributed by atoms with Gasteiger partial charge in [-0.15, -0.1) is 40.4 Å². The van der Waals surface area contributed by atoms with E-state index in [4.69, 9.17) is 6.42 Å². The Morgan fingerprint density at radius 2 is 1.48 bits per heavy atom. The minimum atomic E-state index is 1.03. The second-order valence-electron chi connectivity index (χ2n) is 7.67. The van der Waals surface area contributed by atoms with Gasteiger partial charge < -0.3 is 0 Å². The van der Waals surface area contributed by atoms with Gasteiger partial charge in [0.1, 0.15) is 0 Å². The quantitative estimate of drug-likeness (QED) is 0.194.